The van der Waals surface area contributed by atoms with Gasteiger partial charge in [-0.3, -0.25) is 4.79 Å². The summed E-state index contributed by atoms with van der Waals surface area (Å²) in [5, 5.41) is 16.2. The molecular weight excluding hydrogens is 290 g/mol. The van der Waals surface area contributed by atoms with Crippen LogP contribution in [0.4, 0.5) is 5.13 Å². The van der Waals surface area contributed by atoms with Crippen LogP contribution in [-0.2, 0) is 24.0 Å². The Balaban J connectivity index is 2.74. The minimum absolute atomic E-state index is 0.00992. The molecule has 20 heavy (non-hydrogen) atoms. The average Bonchev–Trinajstić information content (AvgIpc) is 2.83. The van der Waals surface area contributed by atoms with Gasteiger partial charge in [-0.25, -0.2) is 14.6 Å². The van der Waals surface area contributed by atoms with E-state index in [1.807, 2.05) is 0 Å². The van der Waals surface area contributed by atoms with E-state index in [4.69, 9.17) is 5.11 Å². The summed E-state index contributed by atoms with van der Waals surface area (Å²) in [5.74, 6) is -2.04. The molecule has 9 nitrogen and oxygen atoms in total. The van der Waals surface area contributed by atoms with E-state index in [1.54, 1.807) is 6.92 Å². The molecule has 10 heteroatoms. The van der Waals surface area contributed by atoms with Gasteiger partial charge in [0, 0.05) is 5.38 Å². The first kappa shape index (κ1) is 15.6. The van der Waals surface area contributed by atoms with Crippen LogP contribution in [0, 0.1) is 0 Å². The minimum Gasteiger partial charge on any atom is -0.476 e. The number of nitrogens with zero attached hydrogens (tertiary/aromatic N) is 2. The van der Waals surface area contributed by atoms with E-state index in [0.717, 1.165) is 11.3 Å². The third kappa shape index (κ3) is 4.65. The van der Waals surface area contributed by atoms with Gasteiger partial charge in [0.15, 0.2) is 5.13 Å². The van der Waals surface area contributed by atoms with Gasteiger partial charge in [-0.05, 0) is 6.92 Å². The first-order chi connectivity index (χ1) is 9.58. The lowest BCUT2D eigenvalue weighted by molar-refractivity contribution is -0.148. The molecule has 0 aromatic carbocycles. The van der Waals surface area contributed by atoms with E-state index in [2.05, 4.69) is 25.0 Å². The van der Waals surface area contributed by atoms with E-state index >= 15 is 0 Å². The van der Waals surface area contributed by atoms with Gasteiger partial charge in [0.2, 0.25) is 18.7 Å². The third-order valence-corrected chi connectivity index (χ3v) is 2.55. The van der Waals surface area contributed by atoms with Crippen molar-refractivity contribution in [2.24, 2.45) is 5.16 Å². The molecule has 2 N–H and O–H groups in total. The lowest BCUT2D eigenvalue weighted by Gasteiger charge is -2.01. The summed E-state index contributed by atoms with van der Waals surface area (Å²) < 4.78 is 4.58. The van der Waals surface area contributed by atoms with Crippen molar-refractivity contribution >= 4 is 40.5 Å². The number of oxime groups is 1. The van der Waals surface area contributed by atoms with Crippen molar-refractivity contribution in [2.75, 3.05) is 18.5 Å². The second-order valence-electron chi connectivity index (χ2n) is 3.12. The number of aromatic nitrogens is 1. The lowest BCUT2D eigenvalue weighted by atomic mass is 10.3. The Labute approximate surface area is 117 Å². The zero-order valence-electron chi connectivity index (χ0n) is 10.4. The number of carboxylic acid groups (broad SMARTS) is 1. The molecule has 0 aliphatic rings. The van der Waals surface area contributed by atoms with Crippen LogP contribution in [0.15, 0.2) is 10.5 Å². The van der Waals surface area contributed by atoms with Crippen molar-refractivity contribution in [1.82, 2.24) is 4.98 Å². The molecule has 0 unspecified atom stereocenters. The van der Waals surface area contributed by atoms with E-state index in [0.29, 0.717) is 6.41 Å². The van der Waals surface area contributed by atoms with Crippen LogP contribution in [0.2, 0.25) is 0 Å². The summed E-state index contributed by atoms with van der Waals surface area (Å²) in [5.41, 5.74) is -0.472. The first-order valence-corrected chi connectivity index (χ1v) is 6.21. The number of thiazole rings is 1. The summed E-state index contributed by atoms with van der Waals surface area (Å²) in [6, 6.07) is 0. The number of carbonyl (C=O) groups excluding carboxylic acids is 2. The highest BCUT2D eigenvalue weighted by Gasteiger charge is 2.18. The zero-order chi connectivity index (χ0) is 15.0. The number of carbonyl (C=O) groups is 3. The fourth-order valence-corrected chi connectivity index (χ4v) is 1.70. The fraction of sp³-hybridized carbons (Fsp3) is 0.300. The normalized spacial score (nSPS) is 10.8. The van der Waals surface area contributed by atoms with Crippen LogP contribution >= 0.6 is 11.3 Å². The summed E-state index contributed by atoms with van der Waals surface area (Å²) in [6.07, 6.45) is 0.414. The van der Waals surface area contributed by atoms with Gasteiger partial charge in [0.1, 0.15) is 5.69 Å². The average molecular weight is 301 g/mol. The molecule has 0 fully saturated rings. The van der Waals surface area contributed by atoms with Crippen LogP contribution in [0.25, 0.3) is 0 Å². The van der Waals surface area contributed by atoms with Crippen molar-refractivity contribution in [3.63, 3.8) is 0 Å². The Hall–Kier alpha value is -2.49. The van der Waals surface area contributed by atoms with Crippen LogP contribution < -0.4 is 5.32 Å². The topological polar surface area (TPSA) is 127 Å². The number of aliphatic carboxylic acids is 1. The number of amides is 1. The van der Waals surface area contributed by atoms with Gasteiger partial charge in [-0.15, -0.1) is 11.3 Å². The molecule has 0 saturated heterocycles. The Morgan fingerprint density at radius 2 is 2.35 bits per heavy atom. The Kier molecular flexibility index (Phi) is 6.10. The molecule has 0 aliphatic carbocycles. The van der Waals surface area contributed by atoms with E-state index in [-0.39, 0.29) is 17.4 Å². The van der Waals surface area contributed by atoms with Crippen LogP contribution in [0.5, 0.6) is 0 Å². The minimum atomic E-state index is -1.38. The van der Waals surface area contributed by atoms with Gasteiger partial charge in [-0.1, -0.05) is 5.16 Å². The predicted molar refractivity (Wildman–Crippen MR) is 68.6 cm³/mol. The molecule has 0 saturated carbocycles. The lowest BCUT2D eigenvalue weighted by Crippen LogP contribution is -2.17. The number of anilines is 1. The van der Waals surface area contributed by atoms with Crippen LogP contribution in [-0.4, -0.2) is 47.4 Å². The highest BCUT2D eigenvalue weighted by atomic mass is 32.1. The Bertz CT molecular complexity index is 527. The highest BCUT2D eigenvalue weighted by Crippen LogP contribution is 2.15. The second-order valence-corrected chi connectivity index (χ2v) is 3.98. The molecule has 1 aromatic rings. The molecule has 1 aromatic heterocycles. The molecule has 1 rings (SSSR count). The second kappa shape index (κ2) is 7.84. The molecule has 0 radical (unpaired) electrons. The maximum absolute atomic E-state index is 11.0. The summed E-state index contributed by atoms with van der Waals surface area (Å²) in [6.45, 7) is 1.30. The maximum atomic E-state index is 11.0. The quantitative estimate of drug-likeness (QED) is 0.301. The number of carboxylic acids is 1. The van der Waals surface area contributed by atoms with Crippen molar-refractivity contribution in [2.45, 2.75) is 6.92 Å². The maximum Gasteiger partial charge on any atom is 0.360 e. The SMILES string of the molecule is CCOC(=O)CO/N=C(/C(=O)O)c1csc(NC=O)n1. The third-order valence-electron chi connectivity index (χ3n) is 1.78. The summed E-state index contributed by atoms with van der Waals surface area (Å²) >= 11 is 1.02. The standard InChI is InChI=1S/C10H11N3O6S/c1-2-18-7(15)3-19-13-8(9(16)17)6-4-20-10(12-6)11-5-14/h4-5H,2-3H2,1H3,(H,16,17)(H,11,12,14)/b13-8+. The van der Waals surface area contributed by atoms with E-state index < -0.39 is 24.3 Å². The number of nitrogens with one attached hydrogen (secondary N) is 1. The highest BCUT2D eigenvalue weighted by molar-refractivity contribution is 7.14. The van der Waals surface area contributed by atoms with Gasteiger partial charge >= 0.3 is 11.9 Å². The number of hydrogen-bond donors (Lipinski definition) is 2. The zero-order valence-corrected chi connectivity index (χ0v) is 11.2. The summed E-state index contributed by atoms with van der Waals surface area (Å²) in [7, 11) is 0. The summed E-state index contributed by atoms with van der Waals surface area (Å²) in [4.78, 5) is 40.7. The molecule has 108 valence electrons. The Morgan fingerprint density at radius 1 is 1.60 bits per heavy atom. The van der Waals surface area contributed by atoms with Crippen LogP contribution in [0.1, 0.15) is 12.6 Å². The molecule has 0 spiro atoms. The largest absolute Gasteiger partial charge is 0.476 e. The van der Waals surface area contributed by atoms with Crippen LogP contribution in [0.3, 0.4) is 0 Å². The molecule has 1 amide bonds. The van der Waals surface area contributed by atoms with Crippen molar-refractivity contribution < 1.29 is 29.1 Å². The number of rotatable bonds is 8. The number of esters is 1. The van der Waals surface area contributed by atoms with Gasteiger partial charge in [-0.2, -0.15) is 0 Å². The molecule has 0 aliphatic heterocycles. The number of ether oxygens (including phenoxy) is 1. The first-order valence-electron chi connectivity index (χ1n) is 5.33. The van der Waals surface area contributed by atoms with Crippen molar-refractivity contribution in [3.05, 3.63) is 11.1 Å². The van der Waals surface area contributed by atoms with Gasteiger partial charge in [0.25, 0.3) is 0 Å². The fourth-order valence-electron chi connectivity index (χ4n) is 1.05. The van der Waals surface area contributed by atoms with Crippen molar-refractivity contribution in [3.8, 4) is 0 Å². The molecule has 1 heterocycles. The van der Waals surface area contributed by atoms with Crippen molar-refractivity contribution in [1.29, 1.82) is 0 Å². The van der Waals surface area contributed by atoms with Gasteiger partial charge in [0.05, 0.1) is 6.61 Å². The van der Waals surface area contributed by atoms with E-state index in [1.165, 1.54) is 5.38 Å². The van der Waals surface area contributed by atoms with Gasteiger partial charge < -0.3 is 20.0 Å². The predicted octanol–water partition coefficient (Wildman–Crippen LogP) is 0.0798. The monoisotopic (exact) mass is 301 g/mol. The smallest absolute Gasteiger partial charge is 0.360 e. The molecule has 0 bridgehead atoms. The number of hydrogen-bond acceptors (Lipinski definition) is 8. The Morgan fingerprint density at radius 3 is 2.95 bits per heavy atom. The van der Waals surface area contributed by atoms with E-state index in [9.17, 15) is 14.4 Å². The molecular formula is C10H11N3O6S. The molecule has 0 atom stereocenters.